The first kappa shape index (κ1) is 48.7. The third-order valence-electron chi connectivity index (χ3n) is 9.13. The van der Waals surface area contributed by atoms with Gasteiger partial charge >= 0.3 is 29.8 Å². The number of anilines is 1. The van der Waals surface area contributed by atoms with Crippen LogP contribution in [-0.2, 0) is 28.9 Å². The Morgan fingerprint density at radius 3 is 1.48 bits per heavy atom. The molecule has 19 heteroatoms. The maximum Gasteiger partial charge on any atom is 0.323 e. The van der Waals surface area contributed by atoms with E-state index in [0.717, 1.165) is 17.2 Å². The molecule has 4 rings (SSSR count). The summed E-state index contributed by atoms with van der Waals surface area (Å²) in [6.45, 7) is 1.89. The van der Waals surface area contributed by atoms with Crippen LogP contribution >= 0.6 is 7.92 Å². The molecule has 58 heavy (non-hydrogen) atoms. The fourth-order valence-electron chi connectivity index (χ4n) is 6.42. The zero-order valence-electron chi connectivity index (χ0n) is 31.8. The second kappa shape index (κ2) is 25.7. The fourth-order valence-corrected chi connectivity index (χ4v) is 8.82. The molecule has 1 saturated heterocycles. The van der Waals surface area contributed by atoms with Crippen LogP contribution in [0.15, 0.2) is 78.9 Å². The normalized spacial score (nSPS) is 15.1. The first-order chi connectivity index (χ1) is 27.4. The second-order valence-electron chi connectivity index (χ2n) is 13.3. The predicted molar refractivity (Wildman–Crippen MR) is 212 cm³/mol. The van der Waals surface area contributed by atoms with Crippen molar-refractivity contribution in [2.24, 2.45) is 0 Å². The third kappa shape index (κ3) is 16.5. The molecule has 0 atom stereocenters. The fraction of sp³-hybridized carbons (Fsp3) is 0.385. The Morgan fingerprint density at radius 2 is 1.07 bits per heavy atom. The zero-order valence-corrected chi connectivity index (χ0v) is 35.0. The van der Waals surface area contributed by atoms with E-state index in [0.29, 0.717) is 18.4 Å². The van der Waals surface area contributed by atoms with Gasteiger partial charge < -0.3 is 39.9 Å². The first-order valence-electron chi connectivity index (χ1n) is 18.3. The van der Waals surface area contributed by atoms with E-state index in [4.69, 9.17) is 9.99 Å². The number of ether oxygens (including phenoxy) is 1. The summed E-state index contributed by atoms with van der Waals surface area (Å²) in [6.07, 6.45) is -0.128. The van der Waals surface area contributed by atoms with Crippen LogP contribution in [0.5, 0.6) is 5.75 Å². The third-order valence-corrected chi connectivity index (χ3v) is 11.6. The summed E-state index contributed by atoms with van der Waals surface area (Å²) in [4.78, 5) is 73.5. The van der Waals surface area contributed by atoms with E-state index in [1.165, 1.54) is 4.90 Å². The van der Waals surface area contributed by atoms with Gasteiger partial charge in [0.05, 0.1) is 31.7 Å². The van der Waals surface area contributed by atoms with Crippen LogP contribution < -0.4 is 25.6 Å². The van der Waals surface area contributed by atoms with Crippen molar-refractivity contribution in [1.29, 1.82) is 0 Å². The number of benzene rings is 3. The van der Waals surface area contributed by atoms with E-state index in [1.54, 1.807) is 26.8 Å². The van der Waals surface area contributed by atoms with Gasteiger partial charge in [-0.25, -0.2) is 0 Å². The molecule has 0 aromatic heterocycles. The number of rotatable bonds is 19. The Labute approximate surface area is 370 Å². The van der Waals surface area contributed by atoms with Crippen LogP contribution in [0.4, 0.5) is 5.69 Å². The van der Waals surface area contributed by atoms with Crippen LogP contribution in [0.2, 0.25) is 0 Å². The van der Waals surface area contributed by atoms with Crippen molar-refractivity contribution in [3.63, 3.8) is 0 Å². The summed E-state index contributed by atoms with van der Waals surface area (Å²) in [5.41, 5.74) is 0.285. The molecule has 0 aliphatic carbocycles. The summed E-state index contributed by atoms with van der Waals surface area (Å²) >= 11 is 0. The maximum absolute atomic E-state index is 14.0. The largest absolute Gasteiger partial charge is 0.480 e. The van der Waals surface area contributed by atoms with Crippen LogP contribution in [0.25, 0.3) is 0 Å². The van der Waals surface area contributed by atoms with Crippen LogP contribution in [0.3, 0.4) is 0 Å². The summed E-state index contributed by atoms with van der Waals surface area (Å²) < 4.78 is 6.23. The number of hydrogen-bond acceptors (Lipinski definition) is 13. The van der Waals surface area contributed by atoms with Crippen molar-refractivity contribution in [3.05, 3.63) is 85.5 Å². The quantitative estimate of drug-likeness (QED) is 0.0280. The van der Waals surface area contributed by atoms with Crippen molar-refractivity contribution in [2.75, 3.05) is 96.5 Å². The van der Waals surface area contributed by atoms with Crippen molar-refractivity contribution in [3.8, 4) is 5.75 Å². The number of aliphatic carboxylic acids is 4. The first-order valence-corrected chi connectivity index (χ1v) is 19.6. The van der Waals surface area contributed by atoms with E-state index < -0.39 is 44.3 Å². The Morgan fingerprint density at radius 1 is 0.621 bits per heavy atom. The van der Waals surface area contributed by atoms with Gasteiger partial charge in [0.2, 0.25) is 0 Å². The molecule has 17 nitrogen and oxygen atoms in total. The Bertz CT molecular complexity index is 1710. The average molecular weight is 968 g/mol. The molecule has 0 unspecified atom stereocenters. The molecule has 1 aliphatic rings. The van der Waals surface area contributed by atoms with Gasteiger partial charge in [-0.15, -0.1) is 0 Å². The number of para-hydroxylation sites is 1. The number of carboxylic acids is 4. The van der Waals surface area contributed by atoms with Crippen molar-refractivity contribution in [2.45, 2.75) is 6.42 Å². The van der Waals surface area contributed by atoms with Gasteiger partial charge in [-0.3, -0.25) is 43.9 Å². The van der Waals surface area contributed by atoms with Gasteiger partial charge in [0, 0.05) is 104 Å². The SMILES string of the molecule is O=C(O)CN1CCN(CCC(=O)Oc2c(N(C[CH-]OO)CC(=O)O)cccc2P(c2ccccc2)c2ccccc2)CCN(CC(=O)O)CCN(CC(=O)O)CC1.[Gd]. The molecule has 3 aromatic carbocycles. The molecule has 1 heterocycles. The second-order valence-corrected chi connectivity index (χ2v) is 15.4. The van der Waals surface area contributed by atoms with Crippen molar-refractivity contribution >= 4 is 59.4 Å². The minimum Gasteiger partial charge on any atom is -0.480 e. The van der Waals surface area contributed by atoms with E-state index in [9.17, 15) is 44.4 Å². The molecule has 0 saturated carbocycles. The van der Waals surface area contributed by atoms with E-state index in [2.05, 4.69) is 4.89 Å². The number of esters is 1. The van der Waals surface area contributed by atoms with E-state index in [1.807, 2.05) is 71.6 Å². The molecule has 0 spiro atoms. The van der Waals surface area contributed by atoms with Crippen LogP contribution in [-0.4, -0.2) is 167 Å². The topological polar surface area (TPSA) is 221 Å². The predicted octanol–water partition coefficient (Wildman–Crippen LogP) is 0.758. The molecule has 0 amide bonds. The Hall–Kier alpha value is -3.68. The molecule has 3 aromatic rings. The molecule has 1 aliphatic heterocycles. The number of carbonyl (C=O) groups is 5. The van der Waals surface area contributed by atoms with Crippen molar-refractivity contribution in [1.82, 2.24) is 19.6 Å². The molecule has 0 bridgehead atoms. The van der Waals surface area contributed by atoms with Gasteiger partial charge in [0.15, 0.2) is 5.75 Å². The van der Waals surface area contributed by atoms with Crippen LogP contribution in [0, 0.1) is 46.5 Å². The average Bonchev–Trinajstić information content (AvgIpc) is 3.17. The minimum atomic E-state index is -1.34. The van der Waals surface area contributed by atoms with Gasteiger partial charge in [-0.2, -0.15) is 6.61 Å². The minimum absolute atomic E-state index is 0. The number of nitrogens with zero attached hydrogens (tertiary/aromatic N) is 5. The molecule has 1 fully saturated rings. The van der Waals surface area contributed by atoms with Gasteiger partial charge in [0.1, 0.15) is 6.54 Å². The van der Waals surface area contributed by atoms with Gasteiger partial charge in [0.25, 0.3) is 0 Å². The standard InChI is InChI=1S/C39H49N5O12P.Gd/c45-34(46)26-41-18-16-40(17-19-42(27-35(47)48)21-23-43(22-20-41)28-36(49)50)15-14-38(53)56-39-32(44(24-25-55-54)29-37(51)52)12-7-13-33(39)57(30-8-3-1-4-9-30)31-10-5-2-6-11-31;/h1-13,25,54H,14-24,26-29H2,(H,45,46)(H,47,48)(H,49,50)(H,51,52);/q-1;. The summed E-state index contributed by atoms with van der Waals surface area (Å²) in [6, 6.07) is 24.5. The van der Waals surface area contributed by atoms with Crippen molar-refractivity contribution < 1.29 is 99.2 Å². The van der Waals surface area contributed by atoms with E-state index >= 15 is 0 Å². The Balaban J connectivity index is 0.00000900. The van der Waals surface area contributed by atoms with Crippen LogP contribution in [0.1, 0.15) is 6.42 Å². The van der Waals surface area contributed by atoms with E-state index in [-0.39, 0.29) is 130 Å². The maximum atomic E-state index is 14.0. The monoisotopic (exact) mass is 968 g/mol. The molecule has 5 N–H and O–H groups in total. The molecular formula is C39H49GdN5O12P-. The summed E-state index contributed by atoms with van der Waals surface area (Å²) in [7, 11) is -1.34. The van der Waals surface area contributed by atoms with Gasteiger partial charge in [-0.1, -0.05) is 73.3 Å². The summed E-state index contributed by atoms with van der Waals surface area (Å²) in [5.74, 6) is -4.79. The molecule has 316 valence electrons. The smallest absolute Gasteiger partial charge is 0.323 e. The van der Waals surface area contributed by atoms with Gasteiger partial charge in [-0.05, 0) is 30.7 Å². The molecular weight excluding hydrogens is 919 g/mol. The number of carboxylic acid groups (broad SMARTS) is 4. The molecule has 0 radical (unpaired) electrons. The number of hydrogen-bond donors (Lipinski definition) is 5. The number of carbonyl (C=O) groups excluding carboxylic acids is 1. The summed E-state index contributed by atoms with van der Waals surface area (Å²) in [5, 5.41) is 50.1. The zero-order chi connectivity index (χ0) is 41.2. The Kier molecular flexibility index (Phi) is 21.6.